The Labute approximate surface area is 359 Å². The van der Waals surface area contributed by atoms with E-state index in [1.165, 1.54) is 32.9 Å². The van der Waals surface area contributed by atoms with Gasteiger partial charge in [-0.15, -0.1) is 0 Å². The monoisotopic (exact) mass is 793 g/mol. The third kappa shape index (κ3) is 6.05. The van der Waals surface area contributed by atoms with Crippen molar-refractivity contribution in [2.75, 3.05) is 0 Å². The summed E-state index contributed by atoms with van der Waals surface area (Å²) in [7, 11) is 0. The van der Waals surface area contributed by atoms with Crippen LogP contribution in [-0.2, 0) is 0 Å². The lowest BCUT2D eigenvalue weighted by Gasteiger charge is -2.13. The summed E-state index contributed by atoms with van der Waals surface area (Å²) < 4.78 is 4.63. The van der Waals surface area contributed by atoms with Gasteiger partial charge in [-0.1, -0.05) is 164 Å². The fourth-order valence-corrected chi connectivity index (χ4v) is 9.30. The summed E-state index contributed by atoms with van der Waals surface area (Å²) in [6.45, 7) is 0. The lowest BCUT2D eigenvalue weighted by Crippen LogP contribution is -2.06. The largest absolute Gasteiger partial charge is 0.309 e. The van der Waals surface area contributed by atoms with Crippen molar-refractivity contribution < 1.29 is 0 Å². The molecule has 62 heavy (non-hydrogen) atoms. The number of nitrogens with zero attached hydrogens (tertiary/aromatic N) is 5. The van der Waals surface area contributed by atoms with Crippen LogP contribution in [0.25, 0.3) is 106 Å². The first-order chi connectivity index (χ1) is 30.7. The Morgan fingerprint density at radius 2 is 0.855 bits per heavy atom. The van der Waals surface area contributed by atoms with Crippen LogP contribution in [-0.4, -0.2) is 24.1 Å². The summed E-state index contributed by atoms with van der Waals surface area (Å²) in [5.74, 6) is 1.82. The van der Waals surface area contributed by atoms with E-state index in [4.69, 9.17) is 15.0 Å². The van der Waals surface area contributed by atoms with E-state index in [2.05, 4.69) is 215 Å². The Balaban J connectivity index is 1.09. The van der Waals surface area contributed by atoms with Gasteiger partial charge in [0.2, 0.25) is 5.95 Å². The van der Waals surface area contributed by atoms with E-state index in [1.807, 2.05) is 6.07 Å². The molecule has 292 valence electrons. The number of para-hydroxylation sites is 2. The van der Waals surface area contributed by atoms with Crippen LogP contribution in [0.15, 0.2) is 212 Å². The average Bonchev–Trinajstić information content (AvgIpc) is 3.88. The smallest absolute Gasteiger partial charge is 0.238 e. The van der Waals surface area contributed by atoms with Gasteiger partial charge in [-0.3, -0.25) is 4.57 Å². The predicted octanol–water partition coefficient (Wildman–Crippen LogP) is 14.5. The molecular weight excluding hydrogens is 755 g/mol. The van der Waals surface area contributed by atoms with Crippen LogP contribution in [0.2, 0.25) is 0 Å². The minimum Gasteiger partial charge on any atom is -0.309 e. The van der Waals surface area contributed by atoms with E-state index < -0.39 is 0 Å². The average molecular weight is 794 g/mol. The van der Waals surface area contributed by atoms with Crippen LogP contribution >= 0.6 is 0 Å². The van der Waals surface area contributed by atoms with E-state index in [0.29, 0.717) is 17.6 Å². The zero-order valence-electron chi connectivity index (χ0n) is 33.9. The first-order valence-electron chi connectivity index (χ1n) is 21.3. The Morgan fingerprint density at radius 1 is 0.355 bits per heavy atom. The second-order valence-corrected chi connectivity index (χ2v) is 15.9. The van der Waals surface area contributed by atoms with Gasteiger partial charge in [-0.25, -0.2) is 4.98 Å². The third-order valence-electron chi connectivity index (χ3n) is 12.2. The summed E-state index contributed by atoms with van der Waals surface area (Å²) in [6.07, 6.45) is 8.89. The first-order valence-corrected chi connectivity index (χ1v) is 21.3. The van der Waals surface area contributed by atoms with Crippen molar-refractivity contribution in [2.45, 2.75) is 12.8 Å². The van der Waals surface area contributed by atoms with Gasteiger partial charge < -0.3 is 4.57 Å². The first kappa shape index (κ1) is 35.8. The molecule has 0 amide bonds. The predicted molar refractivity (Wildman–Crippen MR) is 257 cm³/mol. The van der Waals surface area contributed by atoms with E-state index >= 15 is 0 Å². The quantitative estimate of drug-likeness (QED) is 0.161. The normalized spacial score (nSPS) is 12.7. The van der Waals surface area contributed by atoms with Crippen LogP contribution in [0, 0.1) is 0 Å². The molecule has 12 rings (SSSR count). The fraction of sp³-hybridized carbons (Fsp3) is 0.0351. The fourth-order valence-electron chi connectivity index (χ4n) is 9.30. The summed E-state index contributed by atoms with van der Waals surface area (Å²) in [5, 5.41) is 4.71. The molecule has 3 heterocycles. The van der Waals surface area contributed by atoms with Crippen molar-refractivity contribution in [3.63, 3.8) is 0 Å². The highest BCUT2D eigenvalue weighted by atomic mass is 15.2. The van der Waals surface area contributed by atoms with Crippen molar-refractivity contribution in [2.24, 2.45) is 0 Å². The van der Waals surface area contributed by atoms with Gasteiger partial charge in [0, 0.05) is 38.4 Å². The summed E-state index contributed by atoms with van der Waals surface area (Å²) in [6, 6.07) is 69.0. The molecule has 5 heteroatoms. The van der Waals surface area contributed by atoms with Crippen molar-refractivity contribution in [1.29, 1.82) is 0 Å². The number of allylic oxidation sites excluding steroid dienone is 4. The molecule has 3 aromatic heterocycles. The summed E-state index contributed by atoms with van der Waals surface area (Å²) >= 11 is 0. The van der Waals surface area contributed by atoms with Gasteiger partial charge in [0.1, 0.15) is 0 Å². The minimum absolute atomic E-state index is 0.572. The molecule has 0 atom stereocenters. The van der Waals surface area contributed by atoms with Gasteiger partial charge in [-0.05, 0) is 94.8 Å². The topological polar surface area (TPSA) is 48.5 Å². The van der Waals surface area contributed by atoms with E-state index in [1.54, 1.807) is 0 Å². The number of fused-ring (bicyclic) bond motifs is 7. The van der Waals surface area contributed by atoms with E-state index in [9.17, 15) is 0 Å². The Hall–Kier alpha value is -8.15. The molecule has 11 aromatic rings. The van der Waals surface area contributed by atoms with Crippen LogP contribution in [0.1, 0.15) is 18.4 Å². The molecule has 1 aliphatic carbocycles. The molecule has 0 bridgehead atoms. The van der Waals surface area contributed by atoms with Crippen LogP contribution in [0.4, 0.5) is 0 Å². The van der Waals surface area contributed by atoms with Gasteiger partial charge in [-0.2, -0.15) is 9.97 Å². The van der Waals surface area contributed by atoms with Crippen LogP contribution in [0.5, 0.6) is 0 Å². The lowest BCUT2D eigenvalue weighted by molar-refractivity contribution is 0.953. The maximum atomic E-state index is 5.37. The molecule has 0 unspecified atom stereocenters. The van der Waals surface area contributed by atoms with Crippen molar-refractivity contribution in [3.8, 4) is 56.7 Å². The molecule has 0 N–H and O–H groups in total. The summed E-state index contributed by atoms with van der Waals surface area (Å²) in [5.41, 5.74) is 14.4. The SMILES string of the molecule is C1=CC(c2cccc(-c3nc(-c4cccc(-c5ccccc5)c4)nc(-n4c5ccccc5c5c6c7ccccc7n(-c7ccc(-c8ccccc8)cc7)c6ccc54)n3)c2)=CCC1. The van der Waals surface area contributed by atoms with Crippen molar-refractivity contribution in [3.05, 3.63) is 218 Å². The second-order valence-electron chi connectivity index (χ2n) is 15.9. The number of hydrogen-bond acceptors (Lipinski definition) is 3. The molecule has 0 saturated carbocycles. The second kappa shape index (κ2) is 14.8. The minimum atomic E-state index is 0.572. The molecule has 1 aliphatic rings. The highest BCUT2D eigenvalue weighted by molar-refractivity contribution is 6.28. The van der Waals surface area contributed by atoms with E-state index in [-0.39, 0.29) is 0 Å². The molecule has 0 spiro atoms. The van der Waals surface area contributed by atoms with Gasteiger partial charge >= 0.3 is 0 Å². The van der Waals surface area contributed by atoms with Gasteiger partial charge in [0.05, 0.1) is 22.1 Å². The number of aromatic nitrogens is 5. The molecular formula is C57H39N5. The van der Waals surface area contributed by atoms with Crippen molar-refractivity contribution in [1.82, 2.24) is 24.1 Å². The Kier molecular flexibility index (Phi) is 8.56. The Morgan fingerprint density at radius 3 is 1.48 bits per heavy atom. The molecule has 5 nitrogen and oxygen atoms in total. The zero-order chi connectivity index (χ0) is 41.0. The van der Waals surface area contributed by atoms with Gasteiger partial charge in [0.25, 0.3) is 0 Å². The van der Waals surface area contributed by atoms with E-state index in [0.717, 1.165) is 73.8 Å². The third-order valence-corrected chi connectivity index (χ3v) is 12.2. The maximum absolute atomic E-state index is 5.37. The summed E-state index contributed by atoms with van der Waals surface area (Å²) in [4.78, 5) is 16.0. The number of hydrogen-bond donors (Lipinski definition) is 0. The molecule has 8 aromatic carbocycles. The number of rotatable bonds is 7. The highest BCUT2D eigenvalue weighted by Crippen LogP contribution is 2.42. The Bertz CT molecular complexity index is 3560. The highest BCUT2D eigenvalue weighted by Gasteiger charge is 2.23. The molecule has 0 saturated heterocycles. The van der Waals surface area contributed by atoms with Crippen molar-refractivity contribution >= 4 is 49.2 Å². The standard InChI is InChI=1S/C57H39N5/c1-4-16-38(17-5-1)41-30-32-46(33-31-41)61-49-28-12-10-26-47(49)53-51(61)34-35-52-54(53)48-27-11-13-29-50(48)62(52)57-59-55(44-24-14-22-42(36-44)39-18-6-2-7-19-39)58-56(60-57)45-25-15-23-43(37-45)40-20-8-3-9-21-40/h1-2,4-8,10-37H,3,9H2. The van der Waals surface area contributed by atoms with Crippen LogP contribution < -0.4 is 0 Å². The van der Waals surface area contributed by atoms with Gasteiger partial charge in [0.15, 0.2) is 11.6 Å². The maximum Gasteiger partial charge on any atom is 0.238 e. The molecule has 0 radical (unpaired) electrons. The number of benzene rings is 8. The molecule has 0 fully saturated rings. The van der Waals surface area contributed by atoms with Crippen LogP contribution in [0.3, 0.4) is 0 Å². The zero-order valence-corrected chi connectivity index (χ0v) is 33.9. The lowest BCUT2D eigenvalue weighted by atomic mass is 9.98. The molecule has 0 aliphatic heterocycles.